The van der Waals surface area contributed by atoms with Crippen LogP contribution in [-0.4, -0.2) is 0 Å². The van der Waals surface area contributed by atoms with E-state index < -0.39 is 0 Å². The van der Waals surface area contributed by atoms with E-state index in [0.717, 1.165) is 6.42 Å². The van der Waals surface area contributed by atoms with E-state index >= 15 is 0 Å². The SMILES string of the molecule is CCc1cc(C=Cc2ccc(C)cc2)c2ccccc2c1-c1ccc(C=Cc2ccc(C)cc2)c2ccccc12. The molecule has 0 N–H and O–H groups in total. The Morgan fingerprint density at radius 1 is 0.475 bits per heavy atom. The van der Waals surface area contributed by atoms with Crippen LogP contribution < -0.4 is 0 Å². The smallest absolute Gasteiger partial charge is 0.00667 e. The summed E-state index contributed by atoms with van der Waals surface area (Å²) in [6.45, 7) is 6.52. The van der Waals surface area contributed by atoms with Crippen LogP contribution in [0, 0.1) is 13.8 Å². The van der Waals surface area contributed by atoms with Gasteiger partial charge in [-0.1, -0.05) is 158 Å². The van der Waals surface area contributed by atoms with Gasteiger partial charge in [0.15, 0.2) is 0 Å². The van der Waals surface area contributed by atoms with Gasteiger partial charge in [-0.05, 0) is 80.8 Å². The highest BCUT2D eigenvalue weighted by atomic mass is 14.2. The summed E-state index contributed by atoms with van der Waals surface area (Å²) >= 11 is 0. The molecule has 0 amide bonds. The Morgan fingerprint density at radius 2 is 0.975 bits per heavy atom. The maximum absolute atomic E-state index is 2.39. The second kappa shape index (κ2) is 11.2. The fourth-order valence-electron chi connectivity index (χ4n) is 5.61. The van der Waals surface area contributed by atoms with Crippen molar-refractivity contribution in [1.82, 2.24) is 0 Å². The molecule has 0 aliphatic rings. The molecule has 0 unspecified atom stereocenters. The van der Waals surface area contributed by atoms with Crippen molar-refractivity contribution in [3.63, 3.8) is 0 Å². The molecule has 6 aromatic carbocycles. The van der Waals surface area contributed by atoms with Gasteiger partial charge >= 0.3 is 0 Å². The summed E-state index contributed by atoms with van der Waals surface area (Å²) in [5.74, 6) is 0. The van der Waals surface area contributed by atoms with Crippen molar-refractivity contribution in [2.45, 2.75) is 27.2 Å². The van der Waals surface area contributed by atoms with Crippen LogP contribution >= 0.6 is 0 Å². The highest BCUT2D eigenvalue weighted by Gasteiger charge is 2.15. The fraction of sp³-hybridized carbons (Fsp3) is 0.100. The van der Waals surface area contributed by atoms with Gasteiger partial charge in [-0.2, -0.15) is 0 Å². The van der Waals surface area contributed by atoms with Crippen molar-refractivity contribution < 1.29 is 0 Å². The minimum atomic E-state index is 0.967. The van der Waals surface area contributed by atoms with Gasteiger partial charge < -0.3 is 0 Å². The largest absolute Gasteiger partial charge is 0.0616 e. The second-order valence-corrected chi connectivity index (χ2v) is 10.6. The van der Waals surface area contributed by atoms with Crippen LogP contribution in [0.2, 0.25) is 0 Å². The molecular formula is C40H34. The molecule has 0 saturated carbocycles. The van der Waals surface area contributed by atoms with Crippen molar-refractivity contribution in [1.29, 1.82) is 0 Å². The lowest BCUT2D eigenvalue weighted by Gasteiger charge is -2.18. The first kappa shape index (κ1) is 25.6. The summed E-state index contributed by atoms with van der Waals surface area (Å²) < 4.78 is 0. The molecule has 0 atom stereocenters. The topological polar surface area (TPSA) is 0 Å². The van der Waals surface area contributed by atoms with Gasteiger partial charge in [-0.3, -0.25) is 0 Å². The predicted octanol–water partition coefficient (Wildman–Crippen LogP) is 11.2. The Balaban J connectivity index is 1.49. The number of benzene rings is 6. The Morgan fingerprint density at radius 3 is 1.55 bits per heavy atom. The third kappa shape index (κ3) is 5.14. The summed E-state index contributed by atoms with van der Waals surface area (Å²) in [6.07, 6.45) is 9.92. The number of hydrogen-bond donors (Lipinski definition) is 0. The van der Waals surface area contributed by atoms with E-state index in [9.17, 15) is 0 Å². The Kier molecular flexibility index (Phi) is 7.17. The maximum Gasteiger partial charge on any atom is -0.00667 e. The predicted molar refractivity (Wildman–Crippen MR) is 176 cm³/mol. The Labute approximate surface area is 238 Å². The molecular weight excluding hydrogens is 480 g/mol. The van der Waals surface area contributed by atoms with E-state index in [4.69, 9.17) is 0 Å². The molecule has 194 valence electrons. The van der Waals surface area contributed by atoms with E-state index in [2.05, 4.69) is 160 Å². The van der Waals surface area contributed by atoms with Crippen molar-refractivity contribution in [3.8, 4) is 11.1 Å². The van der Waals surface area contributed by atoms with E-state index in [0.29, 0.717) is 0 Å². The fourth-order valence-corrected chi connectivity index (χ4v) is 5.61. The van der Waals surface area contributed by atoms with Crippen molar-refractivity contribution in [3.05, 3.63) is 154 Å². The lowest BCUT2D eigenvalue weighted by atomic mass is 9.86. The van der Waals surface area contributed by atoms with Gasteiger partial charge in [0.25, 0.3) is 0 Å². The molecule has 0 aliphatic heterocycles. The Bertz CT molecular complexity index is 1860. The first-order valence-corrected chi connectivity index (χ1v) is 14.2. The van der Waals surface area contributed by atoms with Crippen LogP contribution in [0.3, 0.4) is 0 Å². The number of aryl methyl sites for hydroxylation is 3. The number of hydrogen-bond acceptors (Lipinski definition) is 0. The zero-order valence-corrected chi connectivity index (χ0v) is 23.5. The molecule has 0 spiro atoms. The molecule has 0 nitrogen and oxygen atoms in total. The minimum absolute atomic E-state index is 0.967. The molecule has 6 rings (SSSR count). The molecule has 0 heterocycles. The summed E-state index contributed by atoms with van der Waals surface area (Å²) in [6, 6.07) is 42.1. The van der Waals surface area contributed by atoms with Gasteiger partial charge in [-0.25, -0.2) is 0 Å². The highest BCUT2D eigenvalue weighted by Crippen LogP contribution is 2.40. The van der Waals surface area contributed by atoms with Crippen LogP contribution in [-0.2, 0) is 6.42 Å². The van der Waals surface area contributed by atoms with E-state index in [-0.39, 0.29) is 0 Å². The van der Waals surface area contributed by atoms with Gasteiger partial charge in [0.1, 0.15) is 0 Å². The summed E-state index contributed by atoms with van der Waals surface area (Å²) in [5.41, 5.74) is 11.5. The van der Waals surface area contributed by atoms with Crippen LogP contribution in [0.5, 0.6) is 0 Å². The third-order valence-corrected chi connectivity index (χ3v) is 7.83. The molecule has 40 heavy (non-hydrogen) atoms. The average molecular weight is 515 g/mol. The van der Waals surface area contributed by atoms with Crippen molar-refractivity contribution >= 4 is 45.8 Å². The standard InChI is InChI=1S/C40H34/c1-4-32-27-34(24-22-31-19-15-29(3)16-20-31)36-10-6-8-12-38(36)40(32)39-26-25-33(35-9-5-7-11-37(35)39)23-21-30-17-13-28(2)14-18-30/h5-27H,4H2,1-3H3. The molecule has 0 aromatic heterocycles. The van der Waals surface area contributed by atoms with E-state index in [1.165, 1.54) is 71.6 Å². The minimum Gasteiger partial charge on any atom is -0.0616 e. The maximum atomic E-state index is 2.39. The summed E-state index contributed by atoms with van der Waals surface area (Å²) in [5, 5.41) is 5.15. The quantitative estimate of drug-likeness (QED) is 0.194. The first-order chi connectivity index (χ1) is 19.6. The van der Waals surface area contributed by atoms with Crippen LogP contribution in [0.15, 0.2) is 115 Å². The number of fused-ring (bicyclic) bond motifs is 2. The molecule has 0 fully saturated rings. The molecule has 0 aliphatic carbocycles. The normalized spacial score (nSPS) is 11.8. The molecule has 0 radical (unpaired) electrons. The lowest BCUT2D eigenvalue weighted by molar-refractivity contribution is 1.15. The number of rotatable bonds is 6. The molecule has 0 saturated heterocycles. The van der Waals surface area contributed by atoms with Crippen LogP contribution in [0.25, 0.3) is 57.0 Å². The van der Waals surface area contributed by atoms with Gasteiger partial charge in [-0.15, -0.1) is 0 Å². The average Bonchev–Trinajstić information content (AvgIpc) is 3.00. The second-order valence-electron chi connectivity index (χ2n) is 10.6. The van der Waals surface area contributed by atoms with Crippen molar-refractivity contribution in [2.75, 3.05) is 0 Å². The van der Waals surface area contributed by atoms with E-state index in [1.54, 1.807) is 0 Å². The lowest BCUT2D eigenvalue weighted by Crippen LogP contribution is -1.94. The first-order valence-electron chi connectivity index (χ1n) is 14.2. The van der Waals surface area contributed by atoms with Gasteiger partial charge in [0.2, 0.25) is 0 Å². The Hall–Kier alpha value is -4.68. The third-order valence-electron chi connectivity index (χ3n) is 7.83. The van der Waals surface area contributed by atoms with Crippen LogP contribution in [0.1, 0.15) is 45.9 Å². The van der Waals surface area contributed by atoms with Gasteiger partial charge in [0, 0.05) is 0 Å². The van der Waals surface area contributed by atoms with E-state index in [1.807, 2.05) is 0 Å². The zero-order chi connectivity index (χ0) is 27.5. The van der Waals surface area contributed by atoms with Crippen LogP contribution in [0.4, 0.5) is 0 Å². The zero-order valence-electron chi connectivity index (χ0n) is 23.5. The molecule has 0 heteroatoms. The molecule has 0 bridgehead atoms. The summed E-state index contributed by atoms with van der Waals surface area (Å²) in [7, 11) is 0. The van der Waals surface area contributed by atoms with Gasteiger partial charge in [0.05, 0.1) is 0 Å². The molecule has 6 aromatic rings. The highest BCUT2D eigenvalue weighted by molar-refractivity contribution is 6.10. The van der Waals surface area contributed by atoms with Crippen molar-refractivity contribution in [2.24, 2.45) is 0 Å². The summed E-state index contributed by atoms with van der Waals surface area (Å²) in [4.78, 5) is 0. The monoisotopic (exact) mass is 514 g/mol.